The number of fused-ring (bicyclic) bond motifs is 10. The normalized spacial score (nSPS) is 17.7. The number of pyridine rings is 1. The Morgan fingerprint density at radius 3 is 2.78 bits per heavy atom. The summed E-state index contributed by atoms with van der Waals surface area (Å²) in [5, 5.41) is 16.9. The number of amides is 2. The average molecular weight is 611 g/mol. The first-order valence-electron chi connectivity index (χ1n) is 14.6. The highest BCUT2D eigenvalue weighted by Crippen LogP contribution is 2.33. The molecule has 4 N–H and O–H groups in total. The van der Waals surface area contributed by atoms with E-state index in [-0.39, 0.29) is 43.0 Å². The van der Waals surface area contributed by atoms with Crippen molar-refractivity contribution in [1.82, 2.24) is 9.88 Å². The number of anilines is 3. The molecule has 2 aliphatic heterocycles. The molecule has 3 aromatic carbocycles. The zero-order valence-corrected chi connectivity index (χ0v) is 25.6. The van der Waals surface area contributed by atoms with Crippen molar-refractivity contribution in [3.05, 3.63) is 88.9 Å². The number of halogens is 1. The van der Waals surface area contributed by atoms with Gasteiger partial charge in [-0.2, -0.15) is 5.26 Å². The van der Waals surface area contributed by atoms with Crippen LogP contribution >= 0.6 is 0 Å². The number of nitrogens with one attached hydrogen (secondary N) is 2. The fourth-order valence-corrected chi connectivity index (χ4v) is 5.42. The maximum Gasteiger partial charge on any atom is 0.411 e. The number of nitrogens with zero attached hydrogens (tertiary/aromatic N) is 3. The van der Waals surface area contributed by atoms with Gasteiger partial charge < -0.3 is 25.4 Å². The summed E-state index contributed by atoms with van der Waals surface area (Å²) in [5.74, 6) is -1.36. The Balaban J connectivity index is 1.57. The molecule has 0 saturated carbocycles. The van der Waals surface area contributed by atoms with Crippen LogP contribution < -0.4 is 21.1 Å². The SMILES string of the molecule is Cc1cc2ccc1[C@@H](C)COC(=O)Nc1cc(F)c(OCC(C)C#N)c(c1)CN(C)C(=O)[C@@H]2Nc1ccc2c(N)nccc2c1. The van der Waals surface area contributed by atoms with Gasteiger partial charge in [-0.15, -0.1) is 0 Å². The summed E-state index contributed by atoms with van der Waals surface area (Å²) in [6.07, 6.45) is 0.897. The largest absolute Gasteiger partial charge is 0.489 e. The van der Waals surface area contributed by atoms with Gasteiger partial charge in [0, 0.05) is 54.1 Å². The van der Waals surface area contributed by atoms with Gasteiger partial charge in [0.25, 0.3) is 0 Å². The molecular formula is C34H35FN6O4. The number of nitriles is 1. The molecule has 11 heteroatoms. The first-order valence-corrected chi connectivity index (χ1v) is 14.6. The van der Waals surface area contributed by atoms with Crippen LogP contribution in [0.3, 0.4) is 0 Å². The first-order chi connectivity index (χ1) is 21.5. The Bertz CT molecular complexity index is 1810. The number of nitrogen functional groups attached to an aromatic ring is 1. The van der Waals surface area contributed by atoms with Crippen LogP contribution in [0.2, 0.25) is 0 Å². The van der Waals surface area contributed by atoms with Crippen LogP contribution in [0.5, 0.6) is 5.75 Å². The van der Waals surface area contributed by atoms with Crippen molar-refractivity contribution < 1.29 is 23.5 Å². The van der Waals surface area contributed by atoms with E-state index in [2.05, 4.69) is 21.7 Å². The number of ether oxygens (including phenoxy) is 2. The monoisotopic (exact) mass is 610 g/mol. The van der Waals surface area contributed by atoms with E-state index in [1.807, 2.05) is 56.3 Å². The van der Waals surface area contributed by atoms with Crippen molar-refractivity contribution in [3.63, 3.8) is 0 Å². The zero-order valence-electron chi connectivity index (χ0n) is 25.6. The van der Waals surface area contributed by atoms with E-state index in [1.54, 1.807) is 20.2 Å². The summed E-state index contributed by atoms with van der Waals surface area (Å²) in [7, 11) is 1.62. The molecule has 4 aromatic rings. The van der Waals surface area contributed by atoms with E-state index in [1.165, 1.54) is 11.0 Å². The number of hydrogen-bond donors (Lipinski definition) is 3. The second-order valence-electron chi connectivity index (χ2n) is 11.4. The smallest absolute Gasteiger partial charge is 0.411 e. The number of nitrogens with two attached hydrogens (primary N) is 1. The third-order valence-electron chi connectivity index (χ3n) is 7.82. The molecule has 2 amide bonds. The number of aromatic nitrogens is 1. The van der Waals surface area contributed by atoms with Crippen molar-refractivity contribution >= 4 is 40.0 Å². The molecule has 1 unspecified atom stereocenters. The van der Waals surface area contributed by atoms with E-state index in [0.29, 0.717) is 17.1 Å². The topological polar surface area (TPSA) is 143 Å². The lowest BCUT2D eigenvalue weighted by atomic mass is 9.93. The highest BCUT2D eigenvalue weighted by atomic mass is 19.1. The molecule has 0 saturated heterocycles. The van der Waals surface area contributed by atoms with Crippen molar-refractivity contribution in [1.29, 1.82) is 5.26 Å². The number of carbonyl (C=O) groups excluding carboxylic acids is 2. The molecule has 3 atom stereocenters. The molecule has 2 aliphatic rings. The van der Waals surface area contributed by atoms with Crippen LogP contribution in [0.1, 0.15) is 48.1 Å². The molecule has 0 spiro atoms. The Morgan fingerprint density at radius 1 is 1.22 bits per heavy atom. The predicted octanol–water partition coefficient (Wildman–Crippen LogP) is 6.28. The maximum atomic E-state index is 15.4. The minimum Gasteiger partial charge on any atom is -0.489 e. The summed E-state index contributed by atoms with van der Waals surface area (Å²) in [6.45, 7) is 5.54. The lowest BCUT2D eigenvalue weighted by Gasteiger charge is -2.28. The van der Waals surface area contributed by atoms with Gasteiger partial charge in [-0.25, -0.2) is 14.2 Å². The molecule has 0 fully saturated rings. The van der Waals surface area contributed by atoms with Crippen molar-refractivity contribution in [2.75, 3.05) is 36.6 Å². The van der Waals surface area contributed by atoms with Crippen molar-refractivity contribution in [2.24, 2.45) is 5.92 Å². The van der Waals surface area contributed by atoms with Gasteiger partial charge in [0.2, 0.25) is 5.91 Å². The molecule has 6 rings (SSSR count). The van der Waals surface area contributed by atoms with Crippen LogP contribution in [0.25, 0.3) is 10.8 Å². The van der Waals surface area contributed by atoms with Crippen molar-refractivity contribution in [3.8, 4) is 11.8 Å². The van der Waals surface area contributed by atoms with Crippen molar-refractivity contribution in [2.45, 2.75) is 39.3 Å². The maximum absolute atomic E-state index is 15.4. The highest BCUT2D eigenvalue weighted by Gasteiger charge is 2.27. The molecule has 1 aromatic heterocycles. The molecule has 45 heavy (non-hydrogen) atoms. The third-order valence-corrected chi connectivity index (χ3v) is 7.82. The van der Waals surface area contributed by atoms with Crippen LogP contribution in [0, 0.1) is 30.0 Å². The van der Waals surface area contributed by atoms with Crippen LogP contribution in [-0.2, 0) is 16.1 Å². The first kappa shape index (κ1) is 31.1. The van der Waals surface area contributed by atoms with Gasteiger partial charge in [-0.1, -0.05) is 25.1 Å². The standard InChI is InChI=1S/C34H35FN6O4/c1-19(15-36)17-44-31-24-13-26(14-29(31)35)40-34(43)45-18-21(3)27-7-5-23(11-20(27)2)30(33(42)41(4)16-24)39-25-6-8-28-22(12-25)9-10-38-32(28)37/h5-14,19,21,30,39H,16-18H2,1-4H3,(H2,37,38)(H,40,43)/t19?,21-,30+/m0/s1. The fraction of sp³-hybridized carbons (Fsp3) is 0.294. The average Bonchev–Trinajstić information content (AvgIpc) is 3.01. The summed E-state index contributed by atoms with van der Waals surface area (Å²) in [6, 6.07) is 17.1. The van der Waals surface area contributed by atoms with Gasteiger partial charge >= 0.3 is 6.09 Å². The number of benzene rings is 3. The zero-order chi connectivity index (χ0) is 32.2. The van der Waals surface area contributed by atoms with Gasteiger partial charge in [-0.05, 0) is 66.3 Å². The van der Waals surface area contributed by atoms with Gasteiger partial charge in [0.1, 0.15) is 18.5 Å². The lowest BCUT2D eigenvalue weighted by Crippen LogP contribution is -2.35. The van der Waals surface area contributed by atoms with Gasteiger partial charge in [-0.3, -0.25) is 10.1 Å². The minimum atomic E-state index is -0.811. The number of aryl methyl sites for hydroxylation is 1. The Hall–Kier alpha value is -5.37. The fourth-order valence-electron chi connectivity index (χ4n) is 5.42. The Kier molecular flexibility index (Phi) is 9.04. The minimum absolute atomic E-state index is 0.0528. The molecule has 0 aliphatic carbocycles. The number of hydrogen-bond acceptors (Lipinski definition) is 8. The second kappa shape index (κ2) is 13.1. The summed E-state index contributed by atoms with van der Waals surface area (Å²) >= 11 is 0. The van der Waals surface area contributed by atoms with Crippen LogP contribution in [0.15, 0.2) is 60.8 Å². The van der Waals surface area contributed by atoms with E-state index in [9.17, 15) is 14.9 Å². The summed E-state index contributed by atoms with van der Waals surface area (Å²) < 4.78 is 26.6. The number of carbonyl (C=O) groups is 2. The Morgan fingerprint density at radius 2 is 2.02 bits per heavy atom. The molecule has 232 valence electrons. The quantitative estimate of drug-likeness (QED) is 0.240. The Labute approximate surface area is 260 Å². The molecule has 4 bridgehead atoms. The molecule has 10 nitrogen and oxygen atoms in total. The number of rotatable bonds is 5. The predicted molar refractivity (Wildman–Crippen MR) is 170 cm³/mol. The van der Waals surface area contributed by atoms with E-state index in [0.717, 1.165) is 33.5 Å². The van der Waals surface area contributed by atoms with E-state index < -0.39 is 23.9 Å². The van der Waals surface area contributed by atoms with Gasteiger partial charge in [0.05, 0.1) is 18.6 Å². The highest BCUT2D eigenvalue weighted by molar-refractivity contribution is 5.94. The van der Waals surface area contributed by atoms with Crippen LogP contribution in [0.4, 0.5) is 26.4 Å². The second-order valence-corrected chi connectivity index (χ2v) is 11.4. The van der Waals surface area contributed by atoms with E-state index >= 15 is 4.39 Å². The third kappa shape index (κ3) is 6.91. The summed E-state index contributed by atoms with van der Waals surface area (Å²) in [5.41, 5.74) is 9.83. The number of likely N-dealkylation sites (N-methyl/N-ethyl adjacent to an activating group) is 1. The van der Waals surface area contributed by atoms with E-state index in [4.69, 9.17) is 15.2 Å². The molecular weight excluding hydrogens is 575 g/mol. The lowest BCUT2D eigenvalue weighted by molar-refractivity contribution is -0.131. The molecule has 0 radical (unpaired) electrons. The molecule has 3 heterocycles. The van der Waals surface area contributed by atoms with Gasteiger partial charge in [0.15, 0.2) is 11.6 Å². The van der Waals surface area contributed by atoms with Crippen LogP contribution in [-0.4, -0.2) is 42.1 Å². The summed E-state index contributed by atoms with van der Waals surface area (Å²) in [4.78, 5) is 32.5.